The van der Waals surface area contributed by atoms with E-state index in [-0.39, 0.29) is 17.3 Å². The molecule has 0 saturated carbocycles. The molecule has 0 bridgehead atoms. The van der Waals surface area contributed by atoms with Crippen molar-refractivity contribution in [2.24, 2.45) is 0 Å². The second-order valence-electron chi connectivity index (χ2n) is 4.26. The van der Waals surface area contributed by atoms with Crippen molar-refractivity contribution in [3.63, 3.8) is 0 Å². The lowest BCUT2D eigenvalue weighted by atomic mass is 10.1. The van der Waals surface area contributed by atoms with E-state index in [0.717, 1.165) is 0 Å². The van der Waals surface area contributed by atoms with E-state index in [1.54, 1.807) is 48.5 Å². The molecule has 2 rings (SSSR count). The van der Waals surface area contributed by atoms with Gasteiger partial charge in [0.1, 0.15) is 0 Å². The molecule has 0 fully saturated rings. The summed E-state index contributed by atoms with van der Waals surface area (Å²) in [5, 5.41) is 18.7. The van der Waals surface area contributed by atoms with Gasteiger partial charge in [-0.05, 0) is 35.9 Å². The van der Waals surface area contributed by atoms with Crippen LogP contribution in [-0.2, 0) is 5.88 Å². The summed E-state index contributed by atoms with van der Waals surface area (Å²) in [5.41, 5.74) is 1.22. The van der Waals surface area contributed by atoms with Crippen molar-refractivity contribution in [3.8, 4) is 0 Å². The Kier molecular flexibility index (Phi) is 4.96. The maximum atomic E-state index is 12.3. The summed E-state index contributed by atoms with van der Waals surface area (Å²) in [7, 11) is 0. The molecule has 21 heavy (non-hydrogen) atoms. The standard InChI is InChI=1S/C15H12Cl2N2O2/c16-9-11-3-1-2-4-13(11)15(20)19(21)14(18)10-5-7-12(17)8-6-10/h1-8,18,21H,9H2. The number of amidine groups is 1. The van der Waals surface area contributed by atoms with Gasteiger partial charge in [-0.1, -0.05) is 29.8 Å². The number of rotatable bonds is 3. The van der Waals surface area contributed by atoms with Gasteiger partial charge in [0.25, 0.3) is 5.91 Å². The van der Waals surface area contributed by atoms with E-state index in [2.05, 4.69) is 0 Å². The van der Waals surface area contributed by atoms with E-state index in [4.69, 9.17) is 28.6 Å². The molecule has 2 aromatic rings. The van der Waals surface area contributed by atoms with E-state index in [9.17, 15) is 10.0 Å². The van der Waals surface area contributed by atoms with Crippen molar-refractivity contribution >= 4 is 34.9 Å². The van der Waals surface area contributed by atoms with E-state index in [1.807, 2.05) is 0 Å². The SMILES string of the molecule is N=C(c1ccc(Cl)cc1)N(O)C(=O)c1ccccc1CCl. The van der Waals surface area contributed by atoms with Gasteiger partial charge in [0, 0.05) is 22.0 Å². The highest BCUT2D eigenvalue weighted by molar-refractivity contribution is 6.30. The number of hydroxylamine groups is 2. The number of hydrogen-bond donors (Lipinski definition) is 2. The third-order valence-electron chi connectivity index (χ3n) is 2.91. The fraction of sp³-hybridized carbons (Fsp3) is 0.0667. The molecule has 2 N–H and O–H groups in total. The second kappa shape index (κ2) is 6.72. The van der Waals surface area contributed by atoms with Crippen LogP contribution in [0.15, 0.2) is 48.5 Å². The molecule has 0 radical (unpaired) electrons. The fourth-order valence-electron chi connectivity index (χ4n) is 1.79. The third-order valence-corrected chi connectivity index (χ3v) is 3.45. The fourth-order valence-corrected chi connectivity index (χ4v) is 2.15. The highest BCUT2D eigenvalue weighted by atomic mass is 35.5. The molecule has 0 saturated heterocycles. The Morgan fingerprint density at radius 2 is 1.76 bits per heavy atom. The summed E-state index contributed by atoms with van der Waals surface area (Å²) >= 11 is 11.5. The van der Waals surface area contributed by atoms with Crippen LogP contribution in [-0.4, -0.2) is 22.0 Å². The van der Waals surface area contributed by atoms with Crippen LogP contribution in [0.5, 0.6) is 0 Å². The molecule has 0 aliphatic heterocycles. The summed E-state index contributed by atoms with van der Waals surface area (Å²) < 4.78 is 0. The van der Waals surface area contributed by atoms with Crippen molar-refractivity contribution in [3.05, 3.63) is 70.2 Å². The van der Waals surface area contributed by atoms with Gasteiger partial charge in [-0.3, -0.25) is 15.4 Å². The van der Waals surface area contributed by atoms with E-state index >= 15 is 0 Å². The van der Waals surface area contributed by atoms with Gasteiger partial charge in [-0.15, -0.1) is 11.6 Å². The Bertz CT molecular complexity index is 672. The van der Waals surface area contributed by atoms with Crippen molar-refractivity contribution in [2.75, 3.05) is 0 Å². The van der Waals surface area contributed by atoms with Crippen LogP contribution in [0.3, 0.4) is 0 Å². The molecular weight excluding hydrogens is 311 g/mol. The monoisotopic (exact) mass is 322 g/mol. The molecule has 2 aromatic carbocycles. The number of nitrogens with zero attached hydrogens (tertiary/aromatic N) is 1. The van der Waals surface area contributed by atoms with Gasteiger partial charge in [-0.25, -0.2) is 0 Å². The normalized spacial score (nSPS) is 10.2. The minimum Gasteiger partial charge on any atom is -0.282 e. The first-order valence-corrected chi connectivity index (χ1v) is 6.97. The van der Waals surface area contributed by atoms with Crippen molar-refractivity contribution in [1.82, 2.24) is 5.06 Å². The quantitative estimate of drug-likeness (QED) is 0.295. The minimum atomic E-state index is -0.703. The molecule has 0 unspecified atom stereocenters. The minimum absolute atomic E-state index is 0.143. The Morgan fingerprint density at radius 3 is 2.38 bits per heavy atom. The van der Waals surface area contributed by atoms with Crippen LogP contribution >= 0.6 is 23.2 Å². The van der Waals surface area contributed by atoms with Crippen molar-refractivity contribution < 1.29 is 10.0 Å². The van der Waals surface area contributed by atoms with E-state index in [1.165, 1.54) is 0 Å². The first-order valence-electron chi connectivity index (χ1n) is 6.06. The van der Waals surface area contributed by atoms with E-state index in [0.29, 0.717) is 21.2 Å². The van der Waals surface area contributed by atoms with Crippen LogP contribution in [0.25, 0.3) is 0 Å². The Hall–Kier alpha value is -1.88. The van der Waals surface area contributed by atoms with Gasteiger partial charge < -0.3 is 0 Å². The van der Waals surface area contributed by atoms with Crippen LogP contribution in [0, 0.1) is 5.41 Å². The molecule has 0 aromatic heterocycles. The van der Waals surface area contributed by atoms with Crippen molar-refractivity contribution in [2.45, 2.75) is 5.88 Å². The molecular formula is C15H12Cl2N2O2. The molecule has 0 atom stereocenters. The zero-order valence-corrected chi connectivity index (χ0v) is 12.4. The lowest BCUT2D eigenvalue weighted by Crippen LogP contribution is -2.34. The molecule has 6 heteroatoms. The summed E-state index contributed by atoms with van der Waals surface area (Å²) in [4.78, 5) is 12.3. The number of alkyl halides is 1. The summed E-state index contributed by atoms with van der Waals surface area (Å²) in [6.45, 7) is 0. The number of carbonyl (C=O) groups excluding carboxylic acids is 1. The third kappa shape index (κ3) is 3.42. The number of benzene rings is 2. The number of carbonyl (C=O) groups is 1. The molecule has 0 heterocycles. The lowest BCUT2D eigenvalue weighted by molar-refractivity contribution is -0.00316. The van der Waals surface area contributed by atoms with Gasteiger partial charge in [0.05, 0.1) is 0 Å². The van der Waals surface area contributed by atoms with Crippen LogP contribution in [0.4, 0.5) is 0 Å². The van der Waals surface area contributed by atoms with Gasteiger partial charge in [-0.2, -0.15) is 5.06 Å². The first-order chi connectivity index (χ1) is 10.0. The average Bonchev–Trinajstić information content (AvgIpc) is 2.53. The molecule has 0 aliphatic rings. The molecule has 1 amide bonds. The van der Waals surface area contributed by atoms with Crippen molar-refractivity contribution in [1.29, 1.82) is 5.41 Å². The maximum Gasteiger partial charge on any atom is 0.283 e. The predicted molar refractivity (Wildman–Crippen MR) is 82.2 cm³/mol. The second-order valence-corrected chi connectivity index (χ2v) is 4.97. The van der Waals surface area contributed by atoms with Gasteiger partial charge in [0.15, 0.2) is 5.84 Å². The maximum absolute atomic E-state index is 12.3. The lowest BCUT2D eigenvalue weighted by Gasteiger charge is -2.17. The summed E-state index contributed by atoms with van der Waals surface area (Å²) in [5.74, 6) is -0.892. The van der Waals surface area contributed by atoms with Crippen LogP contribution in [0.2, 0.25) is 5.02 Å². The highest BCUT2D eigenvalue weighted by Gasteiger charge is 2.21. The number of halogens is 2. The topological polar surface area (TPSA) is 64.4 Å². The van der Waals surface area contributed by atoms with Crippen LogP contribution in [0.1, 0.15) is 21.5 Å². The smallest absolute Gasteiger partial charge is 0.282 e. The Labute approximate surface area is 132 Å². The van der Waals surface area contributed by atoms with Gasteiger partial charge in [0.2, 0.25) is 0 Å². The number of nitrogens with one attached hydrogen (secondary N) is 1. The Morgan fingerprint density at radius 1 is 1.14 bits per heavy atom. The highest BCUT2D eigenvalue weighted by Crippen LogP contribution is 2.16. The molecule has 0 spiro atoms. The van der Waals surface area contributed by atoms with Gasteiger partial charge >= 0.3 is 0 Å². The molecule has 0 aliphatic carbocycles. The molecule has 108 valence electrons. The van der Waals surface area contributed by atoms with Crippen LogP contribution < -0.4 is 0 Å². The zero-order valence-electron chi connectivity index (χ0n) is 10.9. The first kappa shape index (κ1) is 15.5. The summed E-state index contributed by atoms with van der Waals surface area (Å²) in [6, 6.07) is 12.9. The zero-order chi connectivity index (χ0) is 15.4. The number of hydrogen-bond acceptors (Lipinski definition) is 3. The summed E-state index contributed by atoms with van der Waals surface area (Å²) in [6.07, 6.45) is 0. The van der Waals surface area contributed by atoms with E-state index < -0.39 is 5.91 Å². The molecule has 4 nitrogen and oxygen atoms in total. The number of amides is 1. The Balaban J connectivity index is 2.26. The largest absolute Gasteiger partial charge is 0.283 e. The predicted octanol–water partition coefficient (Wildman–Crippen LogP) is 3.94. The average molecular weight is 323 g/mol.